The molecule has 2 atom stereocenters. The molecule has 0 aliphatic heterocycles. The van der Waals surface area contributed by atoms with Gasteiger partial charge in [-0.15, -0.1) is 0 Å². The van der Waals surface area contributed by atoms with Crippen molar-refractivity contribution in [1.29, 1.82) is 0 Å². The third-order valence-corrected chi connectivity index (χ3v) is 7.31. The van der Waals surface area contributed by atoms with Crippen LogP contribution >= 0.6 is 23.2 Å². The van der Waals surface area contributed by atoms with E-state index in [1.54, 1.807) is 19.1 Å². The highest BCUT2D eigenvalue weighted by Gasteiger charge is 2.61. The Balaban J connectivity index is 1.56. The fraction of sp³-hybridized carbons (Fsp3) is 0.619. The Morgan fingerprint density at radius 3 is 2.44 bits per heavy atom. The third kappa shape index (κ3) is 3.47. The average molecular weight is 409 g/mol. The third-order valence-electron chi connectivity index (χ3n) is 6.73. The molecule has 4 nitrogen and oxygen atoms in total. The standard InChI is InChI=1S/C21H26Cl2N2O2/c1-13(26)24-21-9-14-5-15(10-21)8-20(7-14,12-21)19(27)25(2)11-16-3-4-17(22)6-18(16)23/h3-4,6,14-15H,5,7-12H2,1-2H3,(H,24,26)/t14-,15-,20?,21?/m0/s1. The first-order valence-corrected chi connectivity index (χ1v) is 10.4. The van der Waals surface area contributed by atoms with E-state index < -0.39 is 0 Å². The van der Waals surface area contributed by atoms with E-state index in [-0.39, 0.29) is 22.8 Å². The van der Waals surface area contributed by atoms with Gasteiger partial charge in [-0.2, -0.15) is 0 Å². The highest BCUT2D eigenvalue weighted by Crippen LogP contribution is 2.62. The Bertz CT molecular complexity index is 780. The van der Waals surface area contributed by atoms with Gasteiger partial charge in [0, 0.05) is 36.1 Å². The molecule has 4 bridgehead atoms. The molecule has 2 amide bonds. The first-order chi connectivity index (χ1) is 12.7. The van der Waals surface area contributed by atoms with Crippen LogP contribution in [0.2, 0.25) is 10.0 Å². The van der Waals surface area contributed by atoms with Gasteiger partial charge < -0.3 is 10.2 Å². The van der Waals surface area contributed by atoms with Crippen molar-refractivity contribution >= 4 is 35.0 Å². The largest absolute Gasteiger partial charge is 0.351 e. The van der Waals surface area contributed by atoms with Crippen molar-refractivity contribution in [2.24, 2.45) is 17.3 Å². The van der Waals surface area contributed by atoms with E-state index >= 15 is 0 Å². The monoisotopic (exact) mass is 408 g/mol. The fourth-order valence-electron chi connectivity index (χ4n) is 6.41. The lowest BCUT2D eigenvalue weighted by Crippen LogP contribution is -2.65. The van der Waals surface area contributed by atoms with Gasteiger partial charge >= 0.3 is 0 Å². The molecule has 5 rings (SSSR count). The topological polar surface area (TPSA) is 49.4 Å². The quantitative estimate of drug-likeness (QED) is 0.800. The summed E-state index contributed by atoms with van der Waals surface area (Å²) < 4.78 is 0. The predicted molar refractivity (Wildman–Crippen MR) is 107 cm³/mol. The van der Waals surface area contributed by atoms with Crippen LogP contribution in [-0.4, -0.2) is 29.3 Å². The number of nitrogens with zero attached hydrogens (tertiary/aromatic N) is 1. The molecule has 146 valence electrons. The normalized spacial score (nSPS) is 33.8. The molecule has 27 heavy (non-hydrogen) atoms. The number of benzene rings is 1. The summed E-state index contributed by atoms with van der Waals surface area (Å²) in [6.45, 7) is 2.06. The summed E-state index contributed by atoms with van der Waals surface area (Å²) in [5.41, 5.74) is 0.364. The van der Waals surface area contributed by atoms with Crippen LogP contribution in [0.4, 0.5) is 0 Å². The number of hydrogen-bond acceptors (Lipinski definition) is 2. The van der Waals surface area contributed by atoms with E-state index in [2.05, 4.69) is 5.32 Å². The number of carbonyl (C=O) groups excluding carboxylic acids is 2. The molecule has 1 aromatic carbocycles. The molecule has 0 spiro atoms. The number of rotatable bonds is 4. The van der Waals surface area contributed by atoms with Crippen LogP contribution in [0.25, 0.3) is 0 Å². The zero-order valence-corrected chi connectivity index (χ0v) is 17.4. The van der Waals surface area contributed by atoms with Crippen molar-refractivity contribution in [3.8, 4) is 0 Å². The molecular weight excluding hydrogens is 383 g/mol. The Morgan fingerprint density at radius 1 is 1.19 bits per heavy atom. The van der Waals surface area contributed by atoms with E-state index in [0.29, 0.717) is 28.4 Å². The van der Waals surface area contributed by atoms with Gasteiger partial charge in [-0.25, -0.2) is 0 Å². The van der Waals surface area contributed by atoms with Crippen LogP contribution in [0.3, 0.4) is 0 Å². The molecular formula is C21H26Cl2N2O2. The molecule has 0 unspecified atom stereocenters. The molecule has 0 aromatic heterocycles. The van der Waals surface area contributed by atoms with Crippen molar-refractivity contribution < 1.29 is 9.59 Å². The van der Waals surface area contributed by atoms with Crippen LogP contribution in [0.15, 0.2) is 18.2 Å². The molecule has 4 fully saturated rings. The van der Waals surface area contributed by atoms with Gasteiger partial charge in [0.05, 0.1) is 5.41 Å². The maximum atomic E-state index is 13.6. The molecule has 0 heterocycles. The summed E-state index contributed by atoms with van der Waals surface area (Å²) >= 11 is 12.3. The Kier molecular flexibility index (Phi) is 4.71. The maximum absolute atomic E-state index is 13.6. The van der Waals surface area contributed by atoms with Gasteiger partial charge in [0.15, 0.2) is 0 Å². The average Bonchev–Trinajstić information content (AvgIpc) is 2.54. The SMILES string of the molecule is CC(=O)NC12C[C@H]3C[C@H](C1)CC(C(=O)N(C)Cc1ccc(Cl)cc1Cl)(C3)C2. The highest BCUT2D eigenvalue weighted by atomic mass is 35.5. The highest BCUT2D eigenvalue weighted by molar-refractivity contribution is 6.35. The number of nitrogens with one attached hydrogen (secondary N) is 1. The van der Waals surface area contributed by atoms with Gasteiger partial charge in [0.25, 0.3) is 0 Å². The van der Waals surface area contributed by atoms with E-state index in [1.807, 2.05) is 18.0 Å². The summed E-state index contributed by atoms with van der Waals surface area (Å²) in [5, 5.41) is 4.40. The Hall–Kier alpha value is -1.26. The summed E-state index contributed by atoms with van der Waals surface area (Å²) in [4.78, 5) is 27.2. The van der Waals surface area contributed by atoms with Gasteiger partial charge in [0.1, 0.15) is 0 Å². The first-order valence-electron chi connectivity index (χ1n) is 9.69. The van der Waals surface area contributed by atoms with Gasteiger partial charge in [-0.05, 0) is 68.1 Å². The number of carbonyl (C=O) groups is 2. The van der Waals surface area contributed by atoms with Gasteiger partial charge in [0.2, 0.25) is 11.8 Å². The minimum atomic E-state index is -0.347. The zero-order chi connectivity index (χ0) is 19.4. The lowest BCUT2D eigenvalue weighted by Gasteiger charge is -2.61. The van der Waals surface area contributed by atoms with E-state index in [9.17, 15) is 9.59 Å². The molecule has 0 saturated heterocycles. The lowest BCUT2D eigenvalue weighted by atomic mass is 9.46. The molecule has 6 heteroatoms. The van der Waals surface area contributed by atoms with Crippen molar-refractivity contribution in [2.75, 3.05) is 7.05 Å². The Labute approximate surface area is 170 Å². The maximum Gasteiger partial charge on any atom is 0.228 e. The molecule has 4 aliphatic carbocycles. The van der Waals surface area contributed by atoms with E-state index in [4.69, 9.17) is 23.2 Å². The predicted octanol–water partition coefficient (Wildman–Crippen LogP) is 4.43. The molecule has 4 aliphatic rings. The second kappa shape index (κ2) is 6.66. The minimum Gasteiger partial charge on any atom is -0.351 e. The molecule has 1 aromatic rings. The Morgan fingerprint density at radius 2 is 1.85 bits per heavy atom. The minimum absolute atomic E-state index is 0.0147. The number of hydrogen-bond donors (Lipinski definition) is 1. The van der Waals surface area contributed by atoms with Crippen molar-refractivity contribution in [3.05, 3.63) is 33.8 Å². The fourth-order valence-corrected chi connectivity index (χ4v) is 6.88. The van der Waals surface area contributed by atoms with Crippen molar-refractivity contribution in [2.45, 2.75) is 57.5 Å². The van der Waals surface area contributed by atoms with Crippen LogP contribution in [0.5, 0.6) is 0 Å². The van der Waals surface area contributed by atoms with Crippen molar-refractivity contribution in [3.63, 3.8) is 0 Å². The molecule has 1 N–H and O–H groups in total. The molecule has 4 saturated carbocycles. The second-order valence-corrected chi connectivity index (χ2v) is 9.94. The van der Waals surface area contributed by atoms with Crippen LogP contribution in [0.1, 0.15) is 51.0 Å². The number of halogens is 2. The second-order valence-electron chi connectivity index (χ2n) is 9.10. The van der Waals surface area contributed by atoms with Gasteiger partial charge in [-0.3, -0.25) is 9.59 Å². The first kappa shape index (κ1) is 19.1. The zero-order valence-electron chi connectivity index (χ0n) is 15.9. The van der Waals surface area contributed by atoms with Crippen LogP contribution in [0, 0.1) is 17.3 Å². The number of amides is 2. The van der Waals surface area contributed by atoms with Crippen LogP contribution in [-0.2, 0) is 16.1 Å². The summed E-state index contributed by atoms with van der Waals surface area (Å²) in [6.07, 6.45) is 5.90. The summed E-state index contributed by atoms with van der Waals surface area (Å²) in [6, 6.07) is 5.40. The summed E-state index contributed by atoms with van der Waals surface area (Å²) in [5.74, 6) is 1.28. The van der Waals surface area contributed by atoms with E-state index in [1.165, 1.54) is 6.42 Å². The molecule has 0 radical (unpaired) electrons. The van der Waals surface area contributed by atoms with Crippen LogP contribution < -0.4 is 5.32 Å². The lowest BCUT2D eigenvalue weighted by molar-refractivity contribution is -0.162. The van der Waals surface area contributed by atoms with E-state index in [0.717, 1.165) is 37.7 Å². The summed E-state index contributed by atoms with van der Waals surface area (Å²) in [7, 11) is 1.86. The van der Waals surface area contributed by atoms with Gasteiger partial charge in [-0.1, -0.05) is 29.3 Å². The van der Waals surface area contributed by atoms with Crippen molar-refractivity contribution in [1.82, 2.24) is 10.2 Å². The smallest absolute Gasteiger partial charge is 0.228 e.